The van der Waals surface area contributed by atoms with E-state index in [0.29, 0.717) is 30.6 Å². The fraction of sp³-hybridized carbons (Fsp3) is 0.360. The number of thiophene rings is 1. The normalized spacial score (nSPS) is 18.8. The van der Waals surface area contributed by atoms with Crippen molar-refractivity contribution in [2.75, 3.05) is 25.4 Å². The van der Waals surface area contributed by atoms with Crippen LogP contribution >= 0.6 is 23.1 Å². The Morgan fingerprint density at radius 2 is 1.94 bits per heavy atom. The quantitative estimate of drug-likeness (QED) is 0.359. The first kappa shape index (κ1) is 22.9. The van der Waals surface area contributed by atoms with Crippen molar-refractivity contribution in [2.45, 2.75) is 36.5 Å². The monoisotopic (exact) mass is 494 g/mol. The number of nitrogens with zero attached hydrogens (tertiary/aromatic N) is 4. The molecule has 9 heteroatoms. The summed E-state index contributed by atoms with van der Waals surface area (Å²) in [6.07, 6.45) is 3.82. The summed E-state index contributed by atoms with van der Waals surface area (Å²) in [6, 6.07) is 16.2. The molecule has 0 bridgehead atoms. The number of likely N-dealkylation sites (tertiary alicyclic amines) is 1. The molecule has 2 saturated heterocycles. The Hall–Kier alpha value is -2.91. The summed E-state index contributed by atoms with van der Waals surface area (Å²) in [4.78, 5) is 39.1. The minimum absolute atomic E-state index is 0.0467. The maximum atomic E-state index is 12.8. The summed E-state index contributed by atoms with van der Waals surface area (Å²) < 4.78 is 5.39. The predicted octanol–water partition coefficient (Wildman–Crippen LogP) is 4.35. The van der Waals surface area contributed by atoms with E-state index in [1.807, 2.05) is 51.6 Å². The van der Waals surface area contributed by atoms with Gasteiger partial charge in [0.15, 0.2) is 5.16 Å². The third-order valence-electron chi connectivity index (χ3n) is 6.26. The molecule has 2 aromatic heterocycles. The molecule has 176 valence electrons. The van der Waals surface area contributed by atoms with Crippen LogP contribution < -0.4 is 0 Å². The summed E-state index contributed by atoms with van der Waals surface area (Å²) >= 11 is 3.00. The van der Waals surface area contributed by atoms with Gasteiger partial charge < -0.3 is 9.64 Å². The zero-order chi connectivity index (χ0) is 23.3. The molecule has 0 aliphatic carbocycles. The van der Waals surface area contributed by atoms with Crippen LogP contribution in [0, 0.1) is 0 Å². The molecule has 5 rings (SSSR count). The van der Waals surface area contributed by atoms with E-state index in [0.717, 1.165) is 29.8 Å². The van der Waals surface area contributed by atoms with Gasteiger partial charge in [-0.1, -0.05) is 48.2 Å². The number of rotatable bonds is 7. The molecule has 2 aliphatic heterocycles. The molecule has 2 amide bonds. The third kappa shape index (κ3) is 5.26. The van der Waals surface area contributed by atoms with Gasteiger partial charge in [-0.15, -0.1) is 11.3 Å². The topological polar surface area (TPSA) is 75.6 Å². The fourth-order valence-electron chi connectivity index (χ4n) is 4.54. The Morgan fingerprint density at radius 1 is 1.12 bits per heavy atom. The Kier molecular flexibility index (Phi) is 7.10. The number of benzene rings is 1. The molecule has 3 aromatic rings. The van der Waals surface area contributed by atoms with Crippen LogP contribution in [0.25, 0.3) is 10.6 Å². The van der Waals surface area contributed by atoms with Crippen molar-refractivity contribution in [1.29, 1.82) is 0 Å². The Balaban J connectivity index is 1.13. The van der Waals surface area contributed by atoms with Crippen LogP contribution in [0.5, 0.6) is 0 Å². The molecule has 0 spiro atoms. The van der Waals surface area contributed by atoms with Crippen LogP contribution in [0.3, 0.4) is 0 Å². The van der Waals surface area contributed by atoms with Gasteiger partial charge in [0.2, 0.25) is 5.91 Å². The molecule has 0 N–H and O–H groups in total. The number of amides is 2. The van der Waals surface area contributed by atoms with Crippen LogP contribution in [-0.4, -0.2) is 69.3 Å². The fourth-order valence-corrected chi connectivity index (χ4v) is 5.97. The number of aromatic nitrogens is 2. The number of piperidine rings is 1. The molecular weight excluding hydrogens is 468 g/mol. The van der Waals surface area contributed by atoms with Crippen LogP contribution in [-0.2, 0) is 16.0 Å². The lowest BCUT2D eigenvalue weighted by atomic mass is 9.99. The lowest BCUT2D eigenvalue weighted by Gasteiger charge is -2.37. The van der Waals surface area contributed by atoms with Gasteiger partial charge in [-0.05, 0) is 42.3 Å². The summed E-state index contributed by atoms with van der Waals surface area (Å²) in [7, 11) is 0. The van der Waals surface area contributed by atoms with Gasteiger partial charge in [0.1, 0.15) is 6.61 Å². The zero-order valence-electron chi connectivity index (χ0n) is 18.7. The molecule has 7 nitrogen and oxygen atoms in total. The standard InChI is InChI=1S/C25H26N4O3S2/c30-23(17-34-24-26-11-8-21(27-24)22-7-4-14-33-22)28-12-9-19(10-13-28)29-20(16-32-25(29)31)15-18-5-2-1-3-6-18/h1-8,11,14,19-20H,9-10,12-13,15-17H2/t20-/m1/s1. The molecule has 0 unspecified atom stereocenters. The summed E-state index contributed by atoms with van der Waals surface area (Å²) in [5, 5.41) is 2.63. The highest BCUT2D eigenvalue weighted by atomic mass is 32.2. The van der Waals surface area contributed by atoms with E-state index in [4.69, 9.17) is 4.74 Å². The molecule has 4 heterocycles. The number of cyclic esters (lactones) is 1. The van der Waals surface area contributed by atoms with Gasteiger partial charge in [-0.3, -0.25) is 9.69 Å². The summed E-state index contributed by atoms with van der Waals surface area (Å²) in [6.45, 7) is 1.71. The van der Waals surface area contributed by atoms with E-state index in [2.05, 4.69) is 22.1 Å². The van der Waals surface area contributed by atoms with Gasteiger partial charge in [-0.25, -0.2) is 14.8 Å². The van der Waals surface area contributed by atoms with E-state index in [9.17, 15) is 9.59 Å². The summed E-state index contributed by atoms with van der Waals surface area (Å²) in [5.74, 6) is 0.388. The molecule has 1 aromatic carbocycles. The second kappa shape index (κ2) is 10.6. The predicted molar refractivity (Wildman–Crippen MR) is 133 cm³/mol. The van der Waals surface area contributed by atoms with Crippen LogP contribution in [0.1, 0.15) is 18.4 Å². The SMILES string of the molecule is O=C(CSc1nccc(-c2cccs2)n1)N1CCC(N2C(=O)OC[C@H]2Cc2ccccc2)CC1. The minimum atomic E-state index is -0.232. The average Bonchev–Trinajstić information content (AvgIpc) is 3.54. The minimum Gasteiger partial charge on any atom is -0.447 e. The largest absolute Gasteiger partial charge is 0.447 e. The van der Waals surface area contributed by atoms with Gasteiger partial charge in [-0.2, -0.15) is 0 Å². The average molecular weight is 495 g/mol. The van der Waals surface area contributed by atoms with Gasteiger partial charge in [0.05, 0.1) is 22.4 Å². The highest BCUT2D eigenvalue weighted by molar-refractivity contribution is 7.99. The number of carbonyl (C=O) groups is 2. The smallest absolute Gasteiger partial charge is 0.410 e. The van der Waals surface area contributed by atoms with Gasteiger partial charge in [0, 0.05) is 25.3 Å². The molecule has 2 fully saturated rings. The number of carbonyl (C=O) groups excluding carboxylic acids is 2. The second-order valence-electron chi connectivity index (χ2n) is 8.43. The van der Waals surface area contributed by atoms with Crippen molar-refractivity contribution in [2.24, 2.45) is 0 Å². The number of hydrogen-bond acceptors (Lipinski definition) is 7. The first-order valence-corrected chi connectivity index (χ1v) is 13.3. The maximum Gasteiger partial charge on any atom is 0.410 e. The van der Waals surface area contributed by atoms with Crippen molar-refractivity contribution in [3.63, 3.8) is 0 Å². The van der Waals surface area contributed by atoms with E-state index >= 15 is 0 Å². The Bertz CT molecular complexity index is 1120. The van der Waals surface area contributed by atoms with Crippen LogP contribution in [0.2, 0.25) is 0 Å². The second-order valence-corrected chi connectivity index (χ2v) is 10.3. The van der Waals surface area contributed by atoms with Crippen molar-refractivity contribution in [3.05, 3.63) is 65.7 Å². The molecule has 34 heavy (non-hydrogen) atoms. The van der Waals surface area contributed by atoms with Crippen molar-refractivity contribution < 1.29 is 14.3 Å². The van der Waals surface area contributed by atoms with Crippen LogP contribution in [0.4, 0.5) is 4.79 Å². The molecular formula is C25H26N4O3S2. The van der Waals surface area contributed by atoms with E-state index in [-0.39, 0.29) is 24.1 Å². The lowest BCUT2D eigenvalue weighted by molar-refractivity contribution is -0.129. The van der Waals surface area contributed by atoms with E-state index in [1.165, 1.54) is 17.3 Å². The van der Waals surface area contributed by atoms with Crippen molar-refractivity contribution >= 4 is 35.1 Å². The number of hydrogen-bond donors (Lipinski definition) is 0. The Labute approximate surface area is 207 Å². The number of ether oxygens (including phenoxy) is 1. The zero-order valence-corrected chi connectivity index (χ0v) is 20.3. The van der Waals surface area contributed by atoms with Crippen LogP contribution in [0.15, 0.2) is 65.3 Å². The van der Waals surface area contributed by atoms with Crippen molar-refractivity contribution in [1.82, 2.24) is 19.8 Å². The number of thioether (sulfide) groups is 1. The first-order valence-electron chi connectivity index (χ1n) is 11.4. The highest BCUT2D eigenvalue weighted by Gasteiger charge is 2.39. The summed E-state index contributed by atoms with van der Waals surface area (Å²) in [5.41, 5.74) is 2.08. The van der Waals surface area contributed by atoms with Gasteiger partial charge in [0.25, 0.3) is 0 Å². The van der Waals surface area contributed by atoms with Crippen molar-refractivity contribution in [3.8, 4) is 10.6 Å². The maximum absolute atomic E-state index is 12.8. The lowest BCUT2D eigenvalue weighted by Crippen LogP contribution is -2.50. The van der Waals surface area contributed by atoms with Gasteiger partial charge >= 0.3 is 6.09 Å². The highest BCUT2D eigenvalue weighted by Crippen LogP contribution is 2.27. The Morgan fingerprint density at radius 3 is 2.71 bits per heavy atom. The third-order valence-corrected chi connectivity index (χ3v) is 8.00. The first-order chi connectivity index (χ1) is 16.7. The van der Waals surface area contributed by atoms with E-state index < -0.39 is 0 Å². The molecule has 2 aliphatic rings. The molecule has 0 saturated carbocycles. The molecule has 1 atom stereocenters. The van der Waals surface area contributed by atoms with E-state index in [1.54, 1.807) is 17.5 Å². The molecule has 0 radical (unpaired) electrons.